The summed E-state index contributed by atoms with van der Waals surface area (Å²) in [5.74, 6) is -0.250. The number of hydrogen-bond donors (Lipinski definition) is 0. The molecule has 0 aromatic heterocycles. The number of esters is 1. The second-order valence-electron chi connectivity index (χ2n) is 5.56. The average molecular weight is 270 g/mol. The first-order valence-electron chi connectivity index (χ1n) is 7.39. The summed E-state index contributed by atoms with van der Waals surface area (Å²) in [6.07, 6.45) is 3.73. The van der Waals surface area contributed by atoms with Gasteiger partial charge in [-0.05, 0) is 46.3 Å². The highest BCUT2D eigenvalue weighted by Crippen LogP contribution is 2.22. The predicted molar refractivity (Wildman–Crippen MR) is 73.1 cm³/mol. The van der Waals surface area contributed by atoms with Crippen molar-refractivity contribution >= 4 is 5.97 Å². The SMILES string of the molecule is CCOC(=O)COC1CCN(C2CCN(C)CC2)C1. The lowest BCUT2D eigenvalue weighted by atomic mass is 10.0. The summed E-state index contributed by atoms with van der Waals surface area (Å²) in [6, 6.07) is 0.701. The van der Waals surface area contributed by atoms with Crippen molar-refractivity contribution in [2.24, 2.45) is 0 Å². The summed E-state index contributed by atoms with van der Waals surface area (Å²) in [5.41, 5.74) is 0. The molecular weight excluding hydrogens is 244 g/mol. The molecule has 2 saturated heterocycles. The molecule has 19 heavy (non-hydrogen) atoms. The van der Waals surface area contributed by atoms with Crippen LogP contribution in [0.5, 0.6) is 0 Å². The van der Waals surface area contributed by atoms with E-state index >= 15 is 0 Å². The smallest absolute Gasteiger partial charge is 0.332 e. The Kier molecular flexibility index (Phi) is 5.60. The van der Waals surface area contributed by atoms with Gasteiger partial charge in [-0.25, -0.2) is 4.79 Å². The van der Waals surface area contributed by atoms with E-state index in [1.54, 1.807) is 0 Å². The van der Waals surface area contributed by atoms with Crippen LogP contribution in [0, 0.1) is 0 Å². The van der Waals surface area contributed by atoms with E-state index in [0.29, 0.717) is 12.6 Å². The molecule has 0 bridgehead atoms. The van der Waals surface area contributed by atoms with E-state index in [9.17, 15) is 4.79 Å². The van der Waals surface area contributed by atoms with E-state index < -0.39 is 0 Å². The standard InChI is InChI=1S/C14H26N2O3/c1-3-18-14(17)11-19-13-6-9-16(10-13)12-4-7-15(2)8-5-12/h12-13H,3-11H2,1-2H3. The quantitative estimate of drug-likeness (QED) is 0.689. The predicted octanol–water partition coefficient (Wildman–Crippen LogP) is 0.735. The van der Waals surface area contributed by atoms with Crippen molar-refractivity contribution in [1.29, 1.82) is 0 Å². The third-order valence-corrected chi connectivity index (χ3v) is 4.12. The Morgan fingerprint density at radius 3 is 2.63 bits per heavy atom. The van der Waals surface area contributed by atoms with Crippen molar-refractivity contribution in [1.82, 2.24) is 9.80 Å². The van der Waals surface area contributed by atoms with Crippen molar-refractivity contribution in [2.45, 2.75) is 38.3 Å². The van der Waals surface area contributed by atoms with Gasteiger partial charge in [0.15, 0.2) is 0 Å². The molecule has 2 heterocycles. The van der Waals surface area contributed by atoms with Gasteiger partial charge in [-0.15, -0.1) is 0 Å². The van der Waals surface area contributed by atoms with Gasteiger partial charge >= 0.3 is 5.97 Å². The van der Waals surface area contributed by atoms with Crippen LogP contribution in [-0.2, 0) is 14.3 Å². The first-order valence-corrected chi connectivity index (χ1v) is 7.39. The van der Waals surface area contributed by atoms with Crippen LogP contribution >= 0.6 is 0 Å². The Morgan fingerprint density at radius 1 is 1.21 bits per heavy atom. The fraction of sp³-hybridized carbons (Fsp3) is 0.929. The summed E-state index contributed by atoms with van der Waals surface area (Å²) in [7, 11) is 2.19. The van der Waals surface area contributed by atoms with Gasteiger partial charge in [0.2, 0.25) is 0 Å². The summed E-state index contributed by atoms with van der Waals surface area (Å²) in [5, 5.41) is 0. The molecule has 0 saturated carbocycles. The number of carbonyl (C=O) groups is 1. The number of nitrogens with zero attached hydrogens (tertiary/aromatic N) is 2. The van der Waals surface area contributed by atoms with Crippen LogP contribution in [0.15, 0.2) is 0 Å². The van der Waals surface area contributed by atoms with Gasteiger partial charge < -0.3 is 14.4 Å². The molecule has 0 radical (unpaired) electrons. The van der Waals surface area contributed by atoms with E-state index in [-0.39, 0.29) is 18.7 Å². The van der Waals surface area contributed by atoms with Crippen LogP contribution < -0.4 is 0 Å². The van der Waals surface area contributed by atoms with Gasteiger partial charge in [-0.2, -0.15) is 0 Å². The van der Waals surface area contributed by atoms with Crippen molar-refractivity contribution in [3.63, 3.8) is 0 Å². The molecule has 0 aliphatic carbocycles. The Balaban J connectivity index is 1.67. The number of likely N-dealkylation sites (tertiary alicyclic amines) is 2. The molecule has 0 amide bonds. The van der Waals surface area contributed by atoms with Crippen LogP contribution in [0.3, 0.4) is 0 Å². The molecule has 5 heteroatoms. The topological polar surface area (TPSA) is 42.0 Å². The van der Waals surface area contributed by atoms with E-state index in [4.69, 9.17) is 9.47 Å². The first-order chi connectivity index (χ1) is 9.19. The maximum absolute atomic E-state index is 11.3. The van der Waals surface area contributed by atoms with Crippen LogP contribution in [0.25, 0.3) is 0 Å². The van der Waals surface area contributed by atoms with E-state index in [2.05, 4.69) is 16.8 Å². The number of piperidine rings is 1. The summed E-state index contributed by atoms with van der Waals surface area (Å²) in [4.78, 5) is 16.2. The van der Waals surface area contributed by atoms with Crippen molar-refractivity contribution in [3.05, 3.63) is 0 Å². The van der Waals surface area contributed by atoms with Gasteiger partial charge in [0.25, 0.3) is 0 Å². The molecule has 5 nitrogen and oxygen atoms in total. The highest BCUT2D eigenvalue weighted by molar-refractivity contribution is 5.70. The number of rotatable bonds is 5. The first kappa shape index (κ1) is 14.8. The Morgan fingerprint density at radius 2 is 1.95 bits per heavy atom. The monoisotopic (exact) mass is 270 g/mol. The number of hydrogen-bond acceptors (Lipinski definition) is 5. The van der Waals surface area contributed by atoms with E-state index in [1.165, 1.54) is 25.9 Å². The highest BCUT2D eigenvalue weighted by Gasteiger charge is 2.30. The Bertz CT molecular complexity index is 290. The molecule has 2 fully saturated rings. The van der Waals surface area contributed by atoms with Gasteiger partial charge in [-0.3, -0.25) is 4.90 Å². The molecule has 0 spiro atoms. The summed E-state index contributed by atoms with van der Waals surface area (Å²) in [6.45, 7) is 6.78. The second-order valence-corrected chi connectivity index (χ2v) is 5.56. The van der Waals surface area contributed by atoms with Gasteiger partial charge in [0.05, 0.1) is 12.7 Å². The molecule has 2 aliphatic rings. The molecule has 2 aliphatic heterocycles. The maximum atomic E-state index is 11.3. The third kappa shape index (κ3) is 4.44. The largest absolute Gasteiger partial charge is 0.464 e. The van der Waals surface area contributed by atoms with Crippen LogP contribution in [0.4, 0.5) is 0 Å². The van der Waals surface area contributed by atoms with Crippen LogP contribution in [-0.4, -0.2) is 74.4 Å². The minimum Gasteiger partial charge on any atom is -0.464 e. The lowest BCUT2D eigenvalue weighted by Gasteiger charge is -2.35. The maximum Gasteiger partial charge on any atom is 0.332 e. The zero-order valence-corrected chi connectivity index (χ0v) is 12.1. The Labute approximate surface area is 115 Å². The van der Waals surface area contributed by atoms with Crippen molar-refractivity contribution < 1.29 is 14.3 Å². The minimum absolute atomic E-state index is 0.0970. The lowest BCUT2D eigenvalue weighted by Crippen LogP contribution is -2.43. The van der Waals surface area contributed by atoms with Crippen LogP contribution in [0.2, 0.25) is 0 Å². The molecular formula is C14H26N2O3. The molecule has 1 atom stereocenters. The van der Waals surface area contributed by atoms with Crippen molar-refractivity contribution in [2.75, 3.05) is 46.4 Å². The lowest BCUT2D eigenvalue weighted by molar-refractivity contribution is -0.150. The number of carbonyl (C=O) groups excluding carboxylic acids is 1. The normalized spacial score (nSPS) is 26.7. The van der Waals surface area contributed by atoms with Gasteiger partial charge in [-0.1, -0.05) is 0 Å². The third-order valence-electron chi connectivity index (χ3n) is 4.12. The average Bonchev–Trinajstić information content (AvgIpc) is 2.86. The fourth-order valence-corrected chi connectivity index (χ4v) is 2.97. The highest BCUT2D eigenvalue weighted by atomic mass is 16.6. The minimum atomic E-state index is -0.250. The molecule has 0 N–H and O–H groups in total. The van der Waals surface area contributed by atoms with Crippen molar-refractivity contribution in [3.8, 4) is 0 Å². The molecule has 110 valence electrons. The molecule has 1 unspecified atom stereocenters. The van der Waals surface area contributed by atoms with E-state index in [0.717, 1.165) is 19.5 Å². The van der Waals surface area contributed by atoms with Gasteiger partial charge in [0.1, 0.15) is 6.61 Å². The molecule has 2 rings (SSSR count). The zero-order valence-electron chi connectivity index (χ0n) is 12.1. The zero-order chi connectivity index (χ0) is 13.7. The van der Waals surface area contributed by atoms with Gasteiger partial charge in [0, 0.05) is 19.1 Å². The molecule has 0 aromatic carbocycles. The number of ether oxygens (including phenoxy) is 2. The van der Waals surface area contributed by atoms with Crippen LogP contribution in [0.1, 0.15) is 26.2 Å². The second kappa shape index (κ2) is 7.22. The summed E-state index contributed by atoms with van der Waals surface area (Å²) < 4.78 is 10.5. The summed E-state index contributed by atoms with van der Waals surface area (Å²) >= 11 is 0. The fourth-order valence-electron chi connectivity index (χ4n) is 2.97. The molecule has 0 aromatic rings. The Hall–Kier alpha value is -0.650. The van der Waals surface area contributed by atoms with E-state index in [1.807, 2.05) is 6.92 Å².